The van der Waals surface area contributed by atoms with E-state index >= 15 is 0 Å². The van der Waals surface area contributed by atoms with E-state index in [4.69, 9.17) is 0 Å². The Kier molecular flexibility index (Phi) is 3.79. The van der Waals surface area contributed by atoms with Crippen LogP contribution in [-0.4, -0.2) is 22.5 Å². The first kappa shape index (κ1) is 15.1. The van der Waals surface area contributed by atoms with Crippen molar-refractivity contribution in [3.63, 3.8) is 0 Å². The fraction of sp³-hybridized carbons (Fsp3) is 0.348. The molecule has 0 amide bonds. The molecular weight excluding hydrogens is 304 g/mol. The highest BCUT2D eigenvalue weighted by Crippen LogP contribution is 2.33. The smallest absolute Gasteiger partial charge is 0.0346 e. The summed E-state index contributed by atoms with van der Waals surface area (Å²) in [5, 5.41) is 2.61. The second-order valence-corrected chi connectivity index (χ2v) is 7.72. The third-order valence-corrected chi connectivity index (χ3v) is 6.12. The van der Waals surface area contributed by atoms with Gasteiger partial charge in [0, 0.05) is 36.9 Å². The second kappa shape index (κ2) is 6.27. The number of rotatable bonds is 2. The van der Waals surface area contributed by atoms with Gasteiger partial charge in [-0.25, -0.2) is 0 Å². The standard InChI is InChI=1S/C23H24N2/c1-2-6-19-12-22-10-9-17(11-18(19)5-1)15-25(22)16-21-14-24-13-20-7-3-4-8-23(20)21/h1-8,13-14,17,22H,9-12,15-16H2/t17-,22+/m1/s1. The van der Waals surface area contributed by atoms with Gasteiger partial charge >= 0.3 is 0 Å². The van der Waals surface area contributed by atoms with Crippen LogP contribution < -0.4 is 0 Å². The lowest BCUT2D eigenvalue weighted by atomic mass is 9.80. The van der Waals surface area contributed by atoms with Crippen molar-refractivity contribution in [2.75, 3.05) is 6.54 Å². The zero-order valence-corrected chi connectivity index (χ0v) is 14.6. The fourth-order valence-electron chi connectivity index (χ4n) is 4.82. The van der Waals surface area contributed by atoms with Crippen molar-refractivity contribution in [2.24, 2.45) is 5.92 Å². The Morgan fingerprint density at radius 1 is 0.880 bits per heavy atom. The van der Waals surface area contributed by atoms with Crippen LogP contribution in [0.3, 0.4) is 0 Å². The van der Waals surface area contributed by atoms with Gasteiger partial charge in [-0.1, -0.05) is 48.5 Å². The zero-order valence-electron chi connectivity index (χ0n) is 14.6. The molecule has 3 aromatic rings. The Bertz CT molecular complexity index is 896. The molecule has 0 unspecified atom stereocenters. The Morgan fingerprint density at radius 2 is 1.68 bits per heavy atom. The van der Waals surface area contributed by atoms with Crippen LogP contribution in [-0.2, 0) is 19.4 Å². The number of aromatic nitrogens is 1. The molecule has 2 bridgehead atoms. The maximum Gasteiger partial charge on any atom is 0.0346 e. The molecule has 0 spiro atoms. The lowest BCUT2D eigenvalue weighted by Crippen LogP contribution is -2.46. The van der Waals surface area contributed by atoms with Gasteiger partial charge in [-0.15, -0.1) is 0 Å². The first-order valence-electron chi connectivity index (χ1n) is 9.49. The zero-order chi connectivity index (χ0) is 16.6. The van der Waals surface area contributed by atoms with E-state index in [-0.39, 0.29) is 0 Å². The largest absolute Gasteiger partial charge is 0.295 e. The molecule has 2 aromatic carbocycles. The van der Waals surface area contributed by atoms with Gasteiger partial charge < -0.3 is 0 Å². The number of fused-ring (bicyclic) bond motifs is 3. The molecule has 1 fully saturated rings. The highest BCUT2D eigenvalue weighted by Gasteiger charge is 2.31. The van der Waals surface area contributed by atoms with Crippen LogP contribution in [0.15, 0.2) is 60.9 Å². The van der Waals surface area contributed by atoms with Gasteiger partial charge in [0.25, 0.3) is 0 Å². The Hall–Kier alpha value is -2.19. The number of piperidine rings is 1. The van der Waals surface area contributed by atoms with E-state index in [9.17, 15) is 0 Å². The Labute approximate surface area is 149 Å². The molecule has 0 saturated carbocycles. The van der Waals surface area contributed by atoms with Gasteiger partial charge in [-0.05, 0) is 53.7 Å². The minimum Gasteiger partial charge on any atom is -0.295 e. The average Bonchev–Trinajstić information content (AvgIpc) is 2.63. The summed E-state index contributed by atoms with van der Waals surface area (Å²) in [7, 11) is 0. The summed E-state index contributed by atoms with van der Waals surface area (Å²) in [6.45, 7) is 2.25. The van der Waals surface area contributed by atoms with Crippen LogP contribution in [0.25, 0.3) is 10.8 Å². The van der Waals surface area contributed by atoms with Gasteiger partial charge in [0.2, 0.25) is 0 Å². The summed E-state index contributed by atoms with van der Waals surface area (Å²) in [6.07, 6.45) is 9.20. The molecule has 6 rings (SSSR count). The first-order valence-corrected chi connectivity index (χ1v) is 9.49. The molecule has 2 heteroatoms. The highest BCUT2D eigenvalue weighted by molar-refractivity contribution is 5.84. The molecule has 1 aliphatic carbocycles. The maximum absolute atomic E-state index is 4.49. The monoisotopic (exact) mass is 328 g/mol. The van der Waals surface area contributed by atoms with E-state index in [0.29, 0.717) is 6.04 Å². The van der Waals surface area contributed by atoms with Crippen molar-refractivity contribution in [1.82, 2.24) is 9.88 Å². The number of hydrogen-bond acceptors (Lipinski definition) is 2. The van der Waals surface area contributed by atoms with Crippen molar-refractivity contribution >= 4 is 10.8 Å². The molecule has 0 radical (unpaired) electrons. The van der Waals surface area contributed by atoms with Crippen LogP contribution >= 0.6 is 0 Å². The van der Waals surface area contributed by atoms with E-state index in [2.05, 4.69) is 64.6 Å². The van der Waals surface area contributed by atoms with Crippen molar-refractivity contribution in [2.45, 2.75) is 38.3 Å². The summed E-state index contributed by atoms with van der Waals surface area (Å²) in [5.41, 5.74) is 4.53. The Balaban J connectivity index is 1.47. The molecule has 2 nitrogen and oxygen atoms in total. The third-order valence-electron chi connectivity index (χ3n) is 6.12. The number of hydrogen-bond donors (Lipinski definition) is 0. The molecular formula is C23H24N2. The van der Waals surface area contributed by atoms with E-state index in [1.165, 1.54) is 48.6 Å². The molecule has 25 heavy (non-hydrogen) atoms. The fourth-order valence-corrected chi connectivity index (χ4v) is 4.82. The molecule has 3 aliphatic rings. The summed E-state index contributed by atoms with van der Waals surface area (Å²) < 4.78 is 0. The summed E-state index contributed by atoms with van der Waals surface area (Å²) in [4.78, 5) is 7.22. The van der Waals surface area contributed by atoms with E-state index in [1.54, 1.807) is 11.1 Å². The van der Waals surface area contributed by atoms with Gasteiger partial charge in [-0.2, -0.15) is 0 Å². The number of pyridine rings is 1. The lowest BCUT2D eigenvalue weighted by Gasteiger charge is -2.42. The lowest BCUT2D eigenvalue weighted by molar-refractivity contribution is 0.0941. The molecule has 1 saturated heterocycles. The predicted octanol–water partition coefficient (Wildman–Crippen LogP) is 4.61. The summed E-state index contributed by atoms with van der Waals surface area (Å²) in [5.74, 6) is 0.792. The molecule has 0 N–H and O–H groups in total. The third kappa shape index (κ3) is 2.85. The predicted molar refractivity (Wildman–Crippen MR) is 103 cm³/mol. The van der Waals surface area contributed by atoms with Crippen molar-refractivity contribution in [3.05, 3.63) is 77.6 Å². The van der Waals surface area contributed by atoms with E-state index < -0.39 is 0 Å². The van der Waals surface area contributed by atoms with E-state index in [0.717, 1.165) is 12.5 Å². The number of benzene rings is 2. The topological polar surface area (TPSA) is 16.1 Å². The van der Waals surface area contributed by atoms with Gasteiger partial charge in [0.1, 0.15) is 0 Å². The molecule has 3 heterocycles. The normalized spacial score (nSPS) is 23.2. The second-order valence-electron chi connectivity index (χ2n) is 7.72. The van der Waals surface area contributed by atoms with Gasteiger partial charge in [-0.3, -0.25) is 9.88 Å². The van der Waals surface area contributed by atoms with Gasteiger partial charge in [0.05, 0.1) is 0 Å². The quantitative estimate of drug-likeness (QED) is 0.683. The van der Waals surface area contributed by atoms with Crippen molar-refractivity contribution < 1.29 is 0 Å². The van der Waals surface area contributed by atoms with E-state index in [1.807, 2.05) is 6.20 Å². The van der Waals surface area contributed by atoms with Crippen molar-refractivity contribution in [3.8, 4) is 0 Å². The maximum atomic E-state index is 4.49. The number of nitrogens with zero attached hydrogens (tertiary/aromatic N) is 2. The molecule has 2 aliphatic heterocycles. The SMILES string of the molecule is c1ccc2c(c1)C[C@H]1CC[C@@H](C2)N(Cc2cncc3ccccc23)C1. The minimum absolute atomic E-state index is 0.664. The summed E-state index contributed by atoms with van der Waals surface area (Å²) in [6, 6.07) is 18.4. The molecule has 126 valence electrons. The van der Waals surface area contributed by atoms with Crippen LogP contribution in [0.5, 0.6) is 0 Å². The van der Waals surface area contributed by atoms with Crippen molar-refractivity contribution in [1.29, 1.82) is 0 Å². The average molecular weight is 328 g/mol. The van der Waals surface area contributed by atoms with Gasteiger partial charge in [0.15, 0.2) is 0 Å². The van der Waals surface area contributed by atoms with Crippen LogP contribution in [0.2, 0.25) is 0 Å². The van der Waals surface area contributed by atoms with Crippen LogP contribution in [0.4, 0.5) is 0 Å². The molecule has 2 atom stereocenters. The Morgan fingerprint density at radius 3 is 2.60 bits per heavy atom. The van der Waals surface area contributed by atoms with Crippen LogP contribution in [0, 0.1) is 5.92 Å². The first-order chi connectivity index (χ1) is 12.4. The highest BCUT2D eigenvalue weighted by atomic mass is 15.2. The van der Waals surface area contributed by atoms with Crippen LogP contribution in [0.1, 0.15) is 29.5 Å². The minimum atomic E-state index is 0.664. The molecule has 1 aromatic heterocycles. The summed E-state index contributed by atoms with van der Waals surface area (Å²) >= 11 is 0.